The van der Waals surface area contributed by atoms with Crippen LogP contribution in [0.2, 0.25) is 0 Å². The van der Waals surface area contributed by atoms with E-state index in [0.29, 0.717) is 0 Å². The highest BCUT2D eigenvalue weighted by Gasteiger charge is 1.94. The minimum Gasteiger partial charge on any atom is -0.434 e. The summed E-state index contributed by atoms with van der Waals surface area (Å²) in [5.74, 6) is -0.296. The van der Waals surface area contributed by atoms with E-state index >= 15 is 0 Å². The molecule has 0 unspecified atom stereocenters. The van der Waals surface area contributed by atoms with Crippen molar-refractivity contribution in [3.8, 4) is 0 Å². The molecular weight excluding hydrogens is 164 g/mol. The van der Waals surface area contributed by atoms with Crippen LogP contribution in [0.5, 0.6) is 0 Å². The molecule has 0 radical (unpaired) electrons. The standard InChI is InChI=1S/C11H12O2/c1-9(8-13-10(2)12)11-6-4-3-5-7-11/h3-8H,1-2H3/b9-8-. The van der Waals surface area contributed by atoms with E-state index in [1.165, 1.54) is 13.2 Å². The van der Waals surface area contributed by atoms with E-state index in [1.54, 1.807) is 0 Å². The first kappa shape index (κ1) is 9.52. The molecule has 0 N–H and O–H groups in total. The fourth-order valence-electron chi connectivity index (χ4n) is 0.940. The van der Waals surface area contributed by atoms with Crippen LogP contribution in [0, 0.1) is 0 Å². The van der Waals surface area contributed by atoms with Crippen LogP contribution < -0.4 is 0 Å². The Bertz CT molecular complexity index is 312. The summed E-state index contributed by atoms with van der Waals surface area (Å²) in [5.41, 5.74) is 2.00. The number of rotatable bonds is 2. The Balaban J connectivity index is 2.73. The van der Waals surface area contributed by atoms with Crippen molar-refractivity contribution in [1.82, 2.24) is 0 Å². The minimum absolute atomic E-state index is 0.296. The predicted octanol–water partition coefficient (Wildman–Crippen LogP) is 2.61. The number of benzene rings is 1. The quantitative estimate of drug-likeness (QED) is 0.511. The fourth-order valence-corrected chi connectivity index (χ4v) is 0.940. The molecule has 1 aromatic carbocycles. The summed E-state index contributed by atoms with van der Waals surface area (Å²) in [6.45, 7) is 3.28. The lowest BCUT2D eigenvalue weighted by molar-refractivity contribution is -0.135. The SMILES string of the molecule is CC(=O)O/C=C(/C)c1ccccc1. The van der Waals surface area contributed by atoms with Crippen LogP contribution in [-0.4, -0.2) is 5.97 Å². The van der Waals surface area contributed by atoms with E-state index in [4.69, 9.17) is 4.74 Å². The van der Waals surface area contributed by atoms with Crippen molar-refractivity contribution in [1.29, 1.82) is 0 Å². The first-order valence-electron chi connectivity index (χ1n) is 4.09. The zero-order chi connectivity index (χ0) is 9.68. The Morgan fingerprint density at radius 2 is 1.85 bits per heavy atom. The number of carbonyl (C=O) groups excluding carboxylic acids is 1. The minimum atomic E-state index is -0.296. The van der Waals surface area contributed by atoms with Gasteiger partial charge in [0.15, 0.2) is 0 Å². The second-order valence-corrected chi connectivity index (χ2v) is 2.78. The lowest BCUT2D eigenvalue weighted by Crippen LogP contribution is -1.91. The largest absolute Gasteiger partial charge is 0.434 e. The Kier molecular flexibility index (Phi) is 3.26. The number of hydrogen-bond acceptors (Lipinski definition) is 2. The maximum absolute atomic E-state index is 10.5. The van der Waals surface area contributed by atoms with Gasteiger partial charge in [0.2, 0.25) is 0 Å². The molecule has 0 saturated carbocycles. The Hall–Kier alpha value is -1.57. The number of hydrogen-bond donors (Lipinski definition) is 0. The van der Waals surface area contributed by atoms with Crippen molar-refractivity contribution < 1.29 is 9.53 Å². The molecule has 0 aliphatic carbocycles. The van der Waals surface area contributed by atoms with Gasteiger partial charge in [-0.15, -0.1) is 0 Å². The van der Waals surface area contributed by atoms with Crippen LogP contribution >= 0.6 is 0 Å². The smallest absolute Gasteiger partial charge is 0.307 e. The van der Waals surface area contributed by atoms with Gasteiger partial charge >= 0.3 is 5.97 Å². The number of esters is 1. The second kappa shape index (κ2) is 4.45. The Morgan fingerprint density at radius 1 is 1.23 bits per heavy atom. The molecule has 1 rings (SSSR count). The summed E-state index contributed by atoms with van der Waals surface area (Å²) in [6, 6.07) is 9.77. The van der Waals surface area contributed by atoms with E-state index < -0.39 is 0 Å². The molecule has 13 heavy (non-hydrogen) atoms. The third-order valence-electron chi connectivity index (χ3n) is 1.63. The van der Waals surface area contributed by atoms with Crippen molar-refractivity contribution in [2.24, 2.45) is 0 Å². The van der Waals surface area contributed by atoms with Gasteiger partial charge in [-0.25, -0.2) is 0 Å². The van der Waals surface area contributed by atoms with Gasteiger partial charge in [0.25, 0.3) is 0 Å². The molecule has 2 nitrogen and oxygen atoms in total. The first-order chi connectivity index (χ1) is 6.20. The number of ether oxygens (including phenoxy) is 1. The Morgan fingerprint density at radius 3 is 2.38 bits per heavy atom. The molecule has 0 aliphatic heterocycles. The van der Waals surface area contributed by atoms with Gasteiger partial charge in [-0.05, 0) is 18.1 Å². The highest BCUT2D eigenvalue weighted by molar-refractivity contribution is 5.69. The predicted molar refractivity (Wildman–Crippen MR) is 51.9 cm³/mol. The highest BCUT2D eigenvalue weighted by Crippen LogP contribution is 2.12. The van der Waals surface area contributed by atoms with Crippen molar-refractivity contribution in [2.45, 2.75) is 13.8 Å². The molecule has 0 bridgehead atoms. The maximum atomic E-state index is 10.5. The Labute approximate surface area is 77.8 Å². The number of carbonyl (C=O) groups is 1. The van der Waals surface area contributed by atoms with Crippen LogP contribution in [-0.2, 0) is 9.53 Å². The molecular formula is C11H12O2. The van der Waals surface area contributed by atoms with Gasteiger partial charge in [-0.1, -0.05) is 30.3 Å². The summed E-state index contributed by atoms with van der Waals surface area (Å²) in [5, 5.41) is 0. The molecule has 0 atom stereocenters. The van der Waals surface area contributed by atoms with Crippen LogP contribution in [0.4, 0.5) is 0 Å². The summed E-state index contributed by atoms with van der Waals surface area (Å²) >= 11 is 0. The molecule has 0 aliphatic rings. The fraction of sp³-hybridized carbons (Fsp3) is 0.182. The average Bonchev–Trinajstić information content (AvgIpc) is 2.15. The van der Waals surface area contributed by atoms with Crippen LogP contribution in [0.25, 0.3) is 5.57 Å². The average molecular weight is 176 g/mol. The topological polar surface area (TPSA) is 26.3 Å². The van der Waals surface area contributed by atoms with Crippen LogP contribution in [0.1, 0.15) is 19.4 Å². The van der Waals surface area contributed by atoms with Crippen molar-refractivity contribution >= 4 is 11.5 Å². The van der Waals surface area contributed by atoms with Gasteiger partial charge in [-0.3, -0.25) is 4.79 Å². The second-order valence-electron chi connectivity index (χ2n) is 2.78. The normalized spacial score (nSPS) is 11.1. The van der Waals surface area contributed by atoms with Crippen molar-refractivity contribution in [3.63, 3.8) is 0 Å². The van der Waals surface area contributed by atoms with Gasteiger partial charge in [0, 0.05) is 6.92 Å². The number of allylic oxidation sites excluding steroid dienone is 1. The summed E-state index contributed by atoms with van der Waals surface area (Å²) in [7, 11) is 0. The van der Waals surface area contributed by atoms with Crippen molar-refractivity contribution in [2.75, 3.05) is 0 Å². The summed E-state index contributed by atoms with van der Waals surface area (Å²) in [4.78, 5) is 10.5. The highest BCUT2D eigenvalue weighted by atomic mass is 16.5. The molecule has 2 heteroatoms. The van der Waals surface area contributed by atoms with Gasteiger partial charge in [-0.2, -0.15) is 0 Å². The molecule has 68 valence electrons. The third kappa shape index (κ3) is 3.11. The first-order valence-corrected chi connectivity index (χ1v) is 4.09. The van der Waals surface area contributed by atoms with Gasteiger partial charge in [0.1, 0.15) is 0 Å². The summed E-state index contributed by atoms with van der Waals surface area (Å²) in [6.07, 6.45) is 1.47. The molecule has 0 fully saturated rings. The molecule has 0 saturated heterocycles. The van der Waals surface area contributed by atoms with E-state index in [2.05, 4.69) is 0 Å². The molecule has 0 amide bonds. The zero-order valence-electron chi connectivity index (χ0n) is 7.78. The molecule has 1 aromatic rings. The van der Waals surface area contributed by atoms with Gasteiger partial charge in [0.05, 0.1) is 6.26 Å². The monoisotopic (exact) mass is 176 g/mol. The van der Waals surface area contributed by atoms with Crippen LogP contribution in [0.15, 0.2) is 36.6 Å². The zero-order valence-corrected chi connectivity index (χ0v) is 7.78. The van der Waals surface area contributed by atoms with E-state index in [9.17, 15) is 4.79 Å². The van der Waals surface area contributed by atoms with Gasteiger partial charge < -0.3 is 4.74 Å². The molecule has 0 aromatic heterocycles. The maximum Gasteiger partial charge on any atom is 0.307 e. The van der Waals surface area contributed by atoms with E-state index in [1.807, 2.05) is 37.3 Å². The molecule has 0 heterocycles. The lowest BCUT2D eigenvalue weighted by Gasteiger charge is -2.00. The third-order valence-corrected chi connectivity index (χ3v) is 1.63. The van der Waals surface area contributed by atoms with Crippen molar-refractivity contribution in [3.05, 3.63) is 42.2 Å². The molecule has 0 spiro atoms. The van der Waals surface area contributed by atoms with E-state index in [-0.39, 0.29) is 5.97 Å². The van der Waals surface area contributed by atoms with Crippen LogP contribution in [0.3, 0.4) is 0 Å². The lowest BCUT2D eigenvalue weighted by atomic mass is 10.1. The summed E-state index contributed by atoms with van der Waals surface area (Å²) < 4.78 is 4.76. The van der Waals surface area contributed by atoms with E-state index in [0.717, 1.165) is 11.1 Å².